The molecule has 1 amide bonds. The summed E-state index contributed by atoms with van der Waals surface area (Å²) < 4.78 is 1.47. The second-order valence-electron chi connectivity index (χ2n) is 6.33. The molecule has 0 radical (unpaired) electrons. The van der Waals surface area contributed by atoms with Gasteiger partial charge in [0, 0.05) is 43.3 Å². The van der Waals surface area contributed by atoms with Crippen molar-refractivity contribution in [2.75, 3.05) is 13.6 Å². The third-order valence-electron chi connectivity index (χ3n) is 4.64. The van der Waals surface area contributed by atoms with Crippen molar-refractivity contribution in [1.82, 2.24) is 19.5 Å². The van der Waals surface area contributed by atoms with Gasteiger partial charge >= 0.3 is 0 Å². The summed E-state index contributed by atoms with van der Waals surface area (Å²) in [6.07, 6.45) is 0.406. The van der Waals surface area contributed by atoms with E-state index >= 15 is 0 Å². The molecule has 2 aromatic heterocycles. The molecule has 1 unspecified atom stereocenters. The number of hydrogen-bond donors (Lipinski definition) is 1. The molecule has 6 heteroatoms. The Morgan fingerprint density at radius 1 is 1.21 bits per heavy atom. The summed E-state index contributed by atoms with van der Waals surface area (Å²) in [6.45, 7) is 2.54. The molecule has 3 aromatic rings. The molecule has 0 saturated carbocycles. The number of likely N-dealkylation sites (tertiary alicyclic amines) is 1. The summed E-state index contributed by atoms with van der Waals surface area (Å²) in [4.78, 5) is 30.7. The van der Waals surface area contributed by atoms with Crippen LogP contribution >= 0.6 is 0 Å². The molecule has 3 heterocycles. The molecule has 6 nitrogen and oxygen atoms in total. The molecule has 1 fully saturated rings. The van der Waals surface area contributed by atoms with Gasteiger partial charge in [-0.05, 0) is 12.5 Å². The van der Waals surface area contributed by atoms with Crippen LogP contribution < -0.4 is 5.56 Å². The zero-order valence-corrected chi connectivity index (χ0v) is 13.6. The van der Waals surface area contributed by atoms with Gasteiger partial charge in [-0.1, -0.05) is 30.3 Å². The number of H-pyrrole nitrogens is 1. The van der Waals surface area contributed by atoms with E-state index < -0.39 is 0 Å². The molecule has 1 N–H and O–H groups in total. The number of amides is 1. The number of carbonyl (C=O) groups is 1. The number of aryl methyl sites for hydroxylation is 1. The lowest BCUT2D eigenvalue weighted by Crippen LogP contribution is -2.20. The highest BCUT2D eigenvalue weighted by molar-refractivity contribution is 5.81. The van der Waals surface area contributed by atoms with Gasteiger partial charge < -0.3 is 4.90 Å². The third-order valence-corrected chi connectivity index (χ3v) is 4.64. The molecular formula is C18H18N4O2. The molecule has 1 atom stereocenters. The van der Waals surface area contributed by atoms with E-state index in [-0.39, 0.29) is 17.4 Å². The average Bonchev–Trinajstić information content (AvgIpc) is 3.08. The van der Waals surface area contributed by atoms with Gasteiger partial charge in [-0.2, -0.15) is 0 Å². The number of nitrogens with one attached hydrogen (secondary N) is 1. The molecule has 0 aliphatic carbocycles. The van der Waals surface area contributed by atoms with Gasteiger partial charge in [0.25, 0.3) is 5.56 Å². The number of nitrogens with zero attached hydrogens (tertiary/aromatic N) is 3. The average molecular weight is 322 g/mol. The van der Waals surface area contributed by atoms with Crippen molar-refractivity contribution in [3.63, 3.8) is 0 Å². The number of aromatic amines is 1. The van der Waals surface area contributed by atoms with Crippen molar-refractivity contribution < 1.29 is 4.79 Å². The Balaban J connectivity index is 1.91. The molecule has 0 spiro atoms. The Morgan fingerprint density at radius 3 is 2.62 bits per heavy atom. The molecule has 1 saturated heterocycles. The molecular weight excluding hydrogens is 304 g/mol. The summed E-state index contributed by atoms with van der Waals surface area (Å²) in [5, 5.41) is 3.09. The fourth-order valence-corrected chi connectivity index (χ4v) is 3.39. The largest absolute Gasteiger partial charge is 0.345 e. The monoisotopic (exact) mass is 322 g/mol. The molecule has 0 bridgehead atoms. The third kappa shape index (κ3) is 2.22. The van der Waals surface area contributed by atoms with Crippen LogP contribution in [0.1, 0.15) is 23.7 Å². The lowest BCUT2D eigenvalue weighted by Gasteiger charge is -2.10. The SMILES string of the molecule is Cc1[nH]n2c(=O)cc(C3CC(=O)N(C)C3)nc2c1-c1ccccc1. The zero-order chi connectivity index (χ0) is 16.8. The Kier molecular flexibility index (Phi) is 3.26. The smallest absolute Gasteiger partial charge is 0.272 e. The van der Waals surface area contributed by atoms with Crippen LogP contribution in [0.15, 0.2) is 41.2 Å². The van der Waals surface area contributed by atoms with Crippen LogP contribution in [-0.2, 0) is 4.79 Å². The highest BCUT2D eigenvalue weighted by Crippen LogP contribution is 2.29. The van der Waals surface area contributed by atoms with Crippen LogP contribution in [0.2, 0.25) is 0 Å². The maximum Gasteiger partial charge on any atom is 0.272 e. The van der Waals surface area contributed by atoms with E-state index in [9.17, 15) is 9.59 Å². The van der Waals surface area contributed by atoms with Gasteiger partial charge in [-0.3, -0.25) is 14.7 Å². The van der Waals surface area contributed by atoms with E-state index in [0.717, 1.165) is 16.8 Å². The summed E-state index contributed by atoms with van der Waals surface area (Å²) in [6, 6.07) is 11.4. The fraction of sp³-hybridized carbons (Fsp3) is 0.278. The van der Waals surface area contributed by atoms with Crippen LogP contribution in [0.4, 0.5) is 0 Å². The summed E-state index contributed by atoms with van der Waals surface area (Å²) >= 11 is 0. The Hall–Kier alpha value is -2.89. The van der Waals surface area contributed by atoms with Crippen molar-refractivity contribution in [3.8, 4) is 11.1 Å². The minimum atomic E-state index is -0.151. The maximum absolute atomic E-state index is 12.5. The van der Waals surface area contributed by atoms with Crippen molar-refractivity contribution in [2.24, 2.45) is 0 Å². The van der Waals surface area contributed by atoms with Gasteiger partial charge in [0.15, 0.2) is 5.65 Å². The molecule has 1 aromatic carbocycles. The van der Waals surface area contributed by atoms with Crippen LogP contribution in [0, 0.1) is 6.92 Å². The number of benzene rings is 1. The van der Waals surface area contributed by atoms with Gasteiger partial charge in [-0.15, -0.1) is 0 Å². The fourth-order valence-electron chi connectivity index (χ4n) is 3.39. The highest BCUT2D eigenvalue weighted by atomic mass is 16.2. The number of rotatable bonds is 2. The Labute approximate surface area is 138 Å². The summed E-state index contributed by atoms with van der Waals surface area (Å²) in [7, 11) is 1.78. The zero-order valence-electron chi connectivity index (χ0n) is 13.6. The maximum atomic E-state index is 12.5. The van der Waals surface area contributed by atoms with Gasteiger partial charge in [0.2, 0.25) is 5.91 Å². The number of carbonyl (C=O) groups excluding carboxylic acids is 1. The van der Waals surface area contributed by atoms with E-state index in [4.69, 9.17) is 4.98 Å². The molecule has 24 heavy (non-hydrogen) atoms. The van der Waals surface area contributed by atoms with Crippen LogP contribution in [-0.4, -0.2) is 39.0 Å². The second-order valence-corrected chi connectivity index (χ2v) is 6.33. The number of hydrogen-bond acceptors (Lipinski definition) is 3. The van der Waals surface area contributed by atoms with E-state index in [1.165, 1.54) is 10.6 Å². The minimum Gasteiger partial charge on any atom is -0.345 e. The van der Waals surface area contributed by atoms with Crippen molar-refractivity contribution in [1.29, 1.82) is 0 Å². The van der Waals surface area contributed by atoms with Crippen LogP contribution in [0.5, 0.6) is 0 Å². The minimum absolute atomic E-state index is 0.0287. The lowest BCUT2D eigenvalue weighted by molar-refractivity contribution is -0.126. The Bertz CT molecular complexity index is 987. The quantitative estimate of drug-likeness (QED) is 0.784. The number of fused-ring (bicyclic) bond motifs is 1. The van der Waals surface area contributed by atoms with E-state index in [1.807, 2.05) is 37.3 Å². The van der Waals surface area contributed by atoms with Gasteiger partial charge in [0.05, 0.1) is 5.69 Å². The van der Waals surface area contributed by atoms with Crippen LogP contribution in [0.3, 0.4) is 0 Å². The first-order valence-electron chi connectivity index (χ1n) is 7.96. The predicted molar refractivity (Wildman–Crippen MR) is 91.0 cm³/mol. The summed E-state index contributed by atoms with van der Waals surface area (Å²) in [5.41, 5.74) is 3.98. The van der Waals surface area contributed by atoms with Crippen molar-refractivity contribution in [2.45, 2.75) is 19.3 Å². The van der Waals surface area contributed by atoms with E-state index in [0.29, 0.717) is 24.3 Å². The second kappa shape index (κ2) is 5.33. The van der Waals surface area contributed by atoms with Gasteiger partial charge in [-0.25, -0.2) is 9.50 Å². The van der Waals surface area contributed by atoms with Gasteiger partial charge in [0.1, 0.15) is 0 Å². The first-order valence-corrected chi connectivity index (χ1v) is 7.96. The lowest BCUT2D eigenvalue weighted by atomic mass is 10.0. The predicted octanol–water partition coefficient (Wildman–Crippen LogP) is 1.94. The topological polar surface area (TPSA) is 70.5 Å². The van der Waals surface area contributed by atoms with E-state index in [2.05, 4.69) is 5.10 Å². The number of likely N-dealkylation sites (N-methyl/N-ethyl adjacent to an activating group) is 1. The molecule has 1 aliphatic heterocycles. The first kappa shape index (κ1) is 14.7. The molecule has 122 valence electrons. The first-order chi connectivity index (χ1) is 11.5. The Morgan fingerprint density at radius 2 is 1.96 bits per heavy atom. The summed E-state index contributed by atoms with van der Waals surface area (Å²) in [5.74, 6) is 0.0644. The highest BCUT2D eigenvalue weighted by Gasteiger charge is 2.30. The standard InChI is InChI=1S/C18H18N4O2/c1-11-17(12-6-4-3-5-7-12)18-19-14(9-16(24)22(18)20-11)13-8-15(23)21(2)10-13/h3-7,9,13,20H,8,10H2,1-2H3. The van der Waals surface area contributed by atoms with Crippen molar-refractivity contribution >= 4 is 11.6 Å². The van der Waals surface area contributed by atoms with E-state index in [1.54, 1.807) is 11.9 Å². The molecule has 4 rings (SSSR count). The normalized spacial score (nSPS) is 17.8. The number of aromatic nitrogens is 3. The van der Waals surface area contributed by atoms with Crippen molar-refractivity contribution in [3.05, 3.63) is 58.1 Å². The van der Waals surface area contributed by atoms with Crippen LogP contribution in [0.25, 0.3) is 16.8 Å². The molecule has 1 aliphatic rings.